The molecule has 1 amide bonds. The Balaban J connectivity index is 1.79. The third kappa shape index (κ3) is 3.09. The van der Waals surface area contributed by atoms with E-state index in [-0.39, 0.29) is 17.1 Å². The number of methoxy groups -OCH3 is 1. The Morgan fingerprint density at radius 1 is 1.00 bits per heavy atom. The molecule has 1 aliphatic rings. The maximum Gasteiger partial charge on any atom is 0.295 e. The number of amides is 1. The van der Waals surface area contributed by atoms with Crippen LogP contribution < -0.4 is 15.1 Å². The smallest absolute Gasteiger partial charge is 0.295 e. The van der Waals surface area contributed by atoms with E-state index >= 15 is 0 Å². The molecule has 0 saturated carbocycles. The summed E-state index contributed by atoms with van der Waals surface area (Å²) in [6.45, 7) is 4.01. The average Bonchev–Trinajstić information content (AvgIpc) is 3.12. The first-order chi connectivity index (χ1) is 15.5. The zero-order chi connectivity index (χ0) is 22.4. The molecular weight excluding hydrogens is 402 g/mol. The Hall–Kier alpha value is -3.86. The number of rotatable bonds is 4. The van der Waals surface area contributed by atoms with Crippen LogP contribution in [0.15, 0.2) is 75.9 Å². The number of fused-ring (bicyclic) bond motifs is 2. The van der Waals surface area contributed by atoms with Gasteiger partial charge in [-0.2, -0.15) is 0 Å². The maximum atomic E-state index is 13.7. The second-order valence-electron chi connectivity index (χ2n) is 8.05. The van der Waals surface area contributed by atoms with E-state index in [9.17, 15) is 9.59 Å². The molecule has 0 radical (unpaired) electrons. The van der Waals surface area contributed by atoms with Gasteiger partial charge in [-0.1, -0.05) is 42.8 Å². The molecule has 1 aliphatic heterocycles. The molecule has 32 heavy (non-hydrogen) atoms. The number of hydrogen-bond acceptors (Lipinski definition) is 4. The number of aryl methyl sites for hydroxylation is 2. The summed E-state index contributed by atoms with van der Waals surface area (Å²) in [5.41, 5.74) is 4.23. The first-order valence-electron chi connectivity index (χ1n) is 10.7. The van der Waals surface area contributed by atoms with Gasteiger partial charge in [0.15, 0.2) is 5.43 Å². The number of anilines is 1. The molecule has 1 atom stereocenters. The van der Waals surface area contributed by atoms with Crippen molar-refractivity contribution in [2.24, 2.45) is 0 Å². The highest BCUT2D eigenvalue weighted by Gasteiger charge is 2.43. The Morgan fingerprint density at radius 2 is 1.78 bits per heavy atom. The van der Waals surface area contributed by atoms with Crippen molar-refractivity contribution in [3.8, 4) is 5.75 Å². The van der Waals surface area contributed by atoms with E-state index in [0.29, 0.717) is 28.0 Å². The molecule has 0 bridgehead atoms. The minimum absolute atomic E-state index is 0.0961. The van der Waals surface area contributed by atoms with E-state index in [1.54, 1.807) is 18.1 Å². The van der Waals surface area contributed by atoms with Crippen LogP contribution in [0.1, 0.15) is 45.8 Å². The van der Waals surface area contributed by atoms with E-state index in [0.717, 1.165) is 17.5 Å². The third-order valence-electron chi connectivity index (χ3n) is 6.06. The summed E-state index contributed by atoms with van der Waals surface area (Å²) < 4.78 is 11.4. The van der Waals surface area contributed by atoms with E-state index < -0.39 is 6.04 Å². The molecule has 160 valence electrons. The standard InChI is InChI=1S/C27H23NO4/c1-4-17-9-11-19(12-10-17)28-24(18-6-5-7-20(15-18)31-3)23-25(29)21-14-16(2)8-13-22(21)32-26(23)27(28)30/h5-15,24H,4H2,1-3H3. The first-order valence-corrected chi connectivity index (χ1v) is 10.7. The third-order valence-corrected chi connectivity index (χ3v) is 6.06. The van der Waals surface area contributed by atoms with Gasteiger partial charge >= 0.3 is 0 Å². The number of carbonyl (C=O) groups is 1. The highest BCUT2D eigenvalue weighted by molar-refractivity contribution is 6.10. The van der Waals surface area contributed by atoms with E-state index in [2.05, 4.69) is 6.92 Å². The van der Waals surface area contributed by atoms with Gasteiger partial charge in [-0.3, -0.25) is 14.5 Å². The van der Waals surface area contributed by atoms with Crippen LogP contribution in [0.2, 0.25) is 0 Å². The molecule has 0 saturated heterocycles. The zero-order valence-corrected chi connectivity index (χ0v) is 18.2. The van der Waals surface area contributed by atoms with Gasteiger partial charge in [0.2, 0.25) is 5.76 Å². The summed E-state index contributed by atoms with van der Waals surface area (Å²) in [5, 5.41) is 0.479. The van der Waals surface area contributed by atoms with Crippen LogP contribution in [0.4, 0.5) is 5.69 Å². The number of nitrogens with zero attached hydrogens (tertiary/aromatic N) is 1. The molecule has 5 heteroatoms. The second-order valence-corrected chi connectivity index (χ2v) is 8.05. The minimum atomic E-state index is -0.610. The monoisotopic (exact) mass is 425 g/mol. The highest BCUT2D eigenvalue weighted by atomic mass is 16.5. The summed E-state index contributed by atoms with van der Waals surface area (Å²) in [5.74, 6) is 0.432. The fourth-order valence-electron chi connectivity index (χ4n) is 4.37. The Labute approximate surface area is 185 Å². The lowest BCUT2D eigenvalue weighted by Gasteiger charge is -2.25. The van der Waals surface area contributed by atoms with Crippen LogP contribution >= 0.6 is 0 Å². The van der Waals surface area contributed by atoms with Crippen molar-refractivity contribution in [1.82, 2.24) is 0 Å². The largest absolute Gasteiger partial charge is 0.497 e. The van der Waals surface area contributed by atoms with Gasteiger partial charge in [-0.05, 0) is 60.9 Å². The molecule has 2 heterocycles. The summed E-state index contributed by atoms with van der Waals surface area (Å²) in [6.07, 6.45) is 0.901. The van der Waals surface area contributed by atoms with Crippen molar-refractivity contribution in [1.29, 1.82) is 0 Å². The number of hydrogen-bond donors (Lipinski definition) is 0. The Kier molecular flexibility index (Phi) is 4.82. The number of ether oxygens (including phenoxy) is 1. The summed E-state index contributed by atoms with van der Waals surface area (Å²) in [4.78, 5) is 28.9. The van der Waals surface area contributed by atoms with Gasteiger partial charge in [0.25, 0.3) is 5.91 Å². The van der Waals surface area contributed by atoms with Crippen LogP contribution in [-0.4, -0.2) is 13.0 Å². The van der Waals surface area contributed by atoms with Gasteiger partial charge in [0.1, 0.15) is 11.3 Å². The fraction of sp³-hybridized carbons (Fsp3) is 0.185. The van der Waals surface area contributed by atoms with Crippen molar-refractivity contribution >= 4 is 22.6 Å². The molecule has 4 aromatic rings. The van der Waals surface area contributed by atoms with Crippen LogP contribution in [0.25, 0.3) is 11.0 Å². The van der Waals surface area contributed by atoms with Crippen molar-refractivity contribution < 1.29 is 13.9 Å². The van der Waals surface area contributed by atoms with Gasteiger partial charge in [-0.25, -0.2) is 0 Å². The number of carbonyl (C=O) groups excluding carboxylic acids is 1. The second kappa shape index (κ2) is 7.68. The van der Waals surface area contributed by atoms with Crippen molar-refractivity contribution in [3.05, 3.63) is 105 Å². The molecule has 5 rings (SSSR count). The number of benzene rings is 3. The lowest BCUT2D eigenvalue weighted by Crippen LogP contribution is -2.29. The van der Waals surface area contributed by atoms with Crippen LogP contribution in [-0.2, 0) is 6.42 Å². The predicted molar refractivity (Wildman–Crippen MR) is 125 cm³/mol. The van der Waals surface area contributed by atoms with Crippen LogP contribution in [0, 0.1) is 6.92 Å². The van der Waals surface area contributed by atoms with Crippen LogP contribution in [0.3, 0.4) is 0 Å². The summed E-state index contributed by atoms with van der Waals surface area (Å²) in [7, 11) is 1.60. The zero-order valence-electron chi connectivity index (χ0n) is 18.2. The SMILES string of the molecule is CCc1ccc(N2C(=O)c3oc4ccc(C)cc4c(=O)c3C2c2cccc(OC)c2)cc1. The van der Waals surface area contributed by atoms with E-state index in [4.69, 9.17) is 9.15 Å². The van der Waals surface area contributed by atoms with Gasteiger partial charge in [0.05, 0.1) is 24.1 Å². The molecular formula is C27H23NO4. The molecule has 0 aliphatic carbocycles. The van der Waals surface area contributed by atoms with E-state index in [1.165, 1.54) is 5.56 Å². The van der Waals surface area contributed by atoms with Crippen molar-refractivity contribution in [2.45, 2.75) is 26.3 Å². The normalized spacial score (nSPS) is 15.3. The first kappa shape index (κ1) is 20.1. The molecule has 1 aromatic heterocycles. The fourth-order valence-corrected chi connectivity index (χ4v) is 4.37. The minimum Gasteiger partial charge on any atom is -0.497 e. The van der Waals surface area contributed by atoms with Gasteiger partial charge in [-0.15, -0.1) is 0 Å². The summed E-state index contributed by atoms with van der Waals surface area (Å²) >= 11 is 0. The Morgan fingerprint density at radius 3 is 2.50 bits per heavy atom. The molecule has 1 unspecified atom stereocenters. The topological polar surface area (TPSA) is 59.8 Å². The van der Waals surface area contributed by atoms with Gasteiger partial charge < -0.3 is 9.15 Å². The molecule has 5 nitrogen and oxygen atoms in total. The van der Waals surface area contributed by atoms with Gasteiger partial charge in [0, 0.05) is 5.69 Å². The quantitative estimate of drug-likeness (QED) is 0.438. The Bertz CT molecular complexity index is 1400. The van der Waals surface area contributed by atoms with Crippen molar-refractivity contribution in [3.63, 3.8) is 0 Å². The maximum absolute atomic E-state index is 13.7. The molecule has 0 fully saturated rings. The molecule has 3 aromatic carbocycles. The molecule has 0 spiro atoms. The summed E-state index contributed by atoms with van der Waals surface area (Å²) in [6, 6.07) is 20.1. The molecule has 0 N–H and O–H groups in total. The van der Waals surface area contributed by atoms with Crippen molar-refractivity contribution in [2.75, 3.05) is 12.0 Å². The van der Waals surface area contributed by atoms with Crippen LogP contribution in [0.5, 0.6) is 5.75 Å². The lowest BCUT2D eigenvalue weighted by molar-refractivity contribution is 0.0971. The lowest BCUT2D eigenvalue weighted by atomic mass is 9.97. The average molecular weight is 425 g/mol. The van der Waals surface area contributed by atoms with E-state index in [1.807, 2.05) is 67.6 Å². The predicted octanol–water partition coefficient (Wildman–Crippen LogP) is 5.42. The highest BCUT2D eigenvalue weighted by Crippen LogP contribution is 2.42.